The molecule has 146 valence electrons. The number of carbonyl (C=O) groups is 2. The minimum atomic E-state index is -1.22. The third-order valence-corrected chi connectivity index (χ3v) is 4.42. The fraction of sp³-hybridized carbons (Fsp3) is 0.250. The molecule has 0 aliphatic carbocycles. The maximum Gasteiger partial charge on any atom is 0.335 e. The standard InChI is InChI=1S/C20H20FN3O4/c1-2-10-23-16-5-3-4-6-17(16)24(20(23)28)11-9-18(25)22-15-12-13(19(26)27)7-8-14(15)21/h3-8,12H,2,9-11H2,1H3,(H,22,25)(H,26,27). The lowest BCUT2D eigenvalue weighted by Crippen LogP contribution is -2.26. The molecule has 8 heteroatoms. The zero-order chi connectivity index (χ0) is 20.3. The van der Waals surface area contributed by atoms with Crippen molar-refractivity contribution in [2.75, 3.05) is 5.32 Å². The topological polar surface area (TPSA) is 93.3 Å². The van der Waals surface area contributed by atoms with Crippen LogP contribution in [-0.2, 0) is 17.9 Å². The summed E-state index contributed by atoms with van der Waals surface area (Å²) >= 11 is 0. The summed E-state index contributed by atoms with van der Waals surface area (Å²) in [5.41, 5.74) is 0.999. The summed E-state index contributed by atoms with van der Waals surface area (Å²) in [6, 6.07) is 10.5. The van der Waals surface area contributed by atoms with Gasteiger partial charge in [-0.05, 0) is 36.8 Å². The second-order valence-corrected chi connectivity index (χ2v) is 6.37. The van der Waals surface area contributed by atoms with Crippen molar-refractivity contribution in [3.8, 4) is 0 Å². The van der Waals surface area contributed by atoms with Gasteiger partial charge in [-0.2, -0.15) is 0 Å². The summed E-state index contributed by atoms with van der Waals surface area (Å²) in [5.74, 6) is -2.46. The van der Waals surface area contributed by atoms with Crippen LogP contribution in [0.3, 0.4) is 0 Å². The number of para-hydroxylation sites is 2. The average molecular weight is 385 g/mol. The van der Waals surface area contributed by atoms with Crippen LogP contribution >= 0.6 is 0 Å². The van der Waals surface area contributed by atoms with Crippen LogP contribution in [-0.4, -0.2) is 26.1 Å². The second-order valence-electron chi connectivity index (χ2n) is 6.37. The maximum absolute atomic E-state index is 13.9. The van der Waals surface area contributed by atoms with Crippen molar-refractivity contribution in [3.63, 3.8) is 0 Å². The second kappa shape index (κ2) is 8.08. The molecule has 0 unspecified atom stereocenters. The van der Waals surface area contributed by atoms with E-state index >= 15 is 0 Å². The number of benzene rings is 2. The van der Waals surface area contributed by atoms with E-state index in [2.05, 4.69) is 5.32 Å². The lowest BCUT2D eigenvalue weighted by atomic mass is 10.2. The van der Waals surface area contributed by atoms with E-state index in [1.54, 1.807) is 4.57 Å². The molecule has 1 heterocycles. The van der Waals surface area contributed by atoms with Crippen molar-refractivity contribution in [1.82, 2.24) is 9.13 Å². The van der Waals surface area contributed by atoms with Gasteiger partial charge in [-0.3, -0.25) is 13.9 Å². The first kappa shape index (κ1) is 19.3. The molecule has 2 aromatic carbocycles. The van der Waals surface area contributed by atoms with Crippen molar-refractivity contribution in [3.05, 3.63) is 64.3 Å². The van der Waals surface area contributed by atoms with Crippen LogP contribution in [0.5, 0.6) is 0 Å². The number of aromatic nitrogens is 2. The number of carboxylic acid groups (broad SMARTS) is 1. The van der Waals surface area contributed by atoms with Gasteiger partial charge in [0, 0.05) is 19.5 Å². The summed E-state index contributed by atoms with van der Waals surface area (Å²) in [6.07, 6.45) is 0.740. The molecule has 7 nitrogen and oxygen atoms in total. The Morgan fingerprint density at radius 3 is 2.32 bits per heavy atom. The SMILES string of the molecule is CCCn1c(=O)n(CCC(=O)Nc2cc(C(=O)O)ccc2F)c2ccccc21. The van der Waals surface area contributed by atoms with Crippen LogP contribution in [0.2, 0.25) is 0 Å². The van der Waals surface area contributed by atoms with Gasteiger partial charge in [0.15, 0.2) is 0 Å². The molecule has 0 aliphatic rings. The van der Waals surface area contributed by atoms with Gasteiger partial charge in [0.2, 0.25) is 5.91 Å². The molecule has 0 bridgehead atoms. The predicted octanol–water partition coefficient (Wildman–Crippen LogP) is 3.08. The minimum Gasteiger partial charge on any atom is -0.478 e. The Balaban J connectivity index is 1.79. The number of rotatable bonds is 7. The molecule has 0 radical (unpaired) electrons. The van der Waals surface area contributed by atoms with Crippen molar-refractivity contribution in [1.29, 1.82) is 0 Å². The number of carboxylic acids is 1. The van der Waals surface area contributed by atoms with Gasteiger partial charge in [0.1, 0.15) is 5.82 Å². The zero-order valence-electron chi connectivity index (χ0n) is 15.3. The number of aryl methyl sites for hydroxylation is 2. The highest BCUT2D eigenvalue weighted by molar-refractivity contribution is 5.94. The largest absolute Gasteiger partial charge is 0.478 e. The number of anilines is 1. The van der Waals surface area contributed by atoms with E-state index in [-0.39, 0.29) is 29.9 Å². The molecule has 0 saturated heterocycles. The highest BCUT2D eigenvalue weighted by Crippen LogP contribution is 2.17. The molecule has 3 aromatic rings. The van der Waals surface area contributed by atoms with E-state index in [0.29, 0.717) is 6.54 Å². The van der Waals surface area contributed by atoms with E-state index in [1.807, 2.05) is 31.2 Å². The van der Waals surface area contributed by atoms with Crippen molar-refractivity contribution in [2.24, 2.45) is 0 Å². The first-order valence-electron chi connectivity index (χ1n) is 8.93. The number of nitrogens with one attached hydrogen (secondary N) is 1. The zero-order valence-corrected chi connectivity index (χ0v) is 15.3. The van der Waals surface area contributed by atoms with Crippen LogP contribution < -0.4 is 11.0 Å². The van der Waals surface area contributed by atoms with Crippen LogP contribution in [0.4, 0.5) is 10.1 Å². The van der Waals surface area contributed by atoms with Crippen molar-refractivity contribution < 1.29 is 19.1 Å². The Morgan fingerprint density at radius 2 is 1.71 bits per heavy atom. The lowest BCUT2D eigenvalue weighted by Gasteiger charge is -2.08. The number of hydrogen-bond donors (Lipinski definition) is 2. The van der Waals surface area contributed by atoms with Crippen molar-refractivity contribution in [2.45, 2.75) is 32.9 Å². The normalized spacial score (nSPS) is 10.9. The van der Waals surface area contributed by atoms with Gasteiger partial charge >= 0.3 is 11.7 Å². The summed E-state index contributed by atoms with van der Waals surface area (Å²) < 4.78 is 17.0. The predicted molar refractivity (Wildman–Crippen MR) is 103 cm³/mol. The number of hydrogen-bond acceptors (Lipinski definition) is 3. The highest BCUT2D eigenvalue weighted by atomic mass is 19.1. The van der Waals surface area contributed by atoms with Gasteiger partial charge in [0.25, 0.3) is 0 Å². The fourth-order valence-corrected chi connectivity index (χ4v) is 3.11. The minimum absolute atomic E-state index is 0.0588. The van der Waals surface area contributed by atoms with Gasteiger partial charge < -0.3 is 10.4 Å². The number of carbonyl (C=O) groups excluding carboxylic acids is 1. The van der Waals surface area contributed by atoms with Crippen LogP contribution in [0.1, 0.15) is 30.1 Å². The molecule has 0 atom stereocenters. The third-order valence-electron chi connectivity index (χ3n) is 4.42. The lowest BCUT2D eigenvalue weighted by molar-refractivity contribution is -0.116. The van der Waals surface area contributed by atoms with Gasteiger partial charge in [-0.15, -0.1) is 0 Å². The Kier molecular flexibility index (Phi) is 5.58. The number of aromatic carboxylic acids is 1. The molecule has 0 aliphatic heterocycles. The Bertz CT molecular complexity index is 1100. The van der Waals surface area contributed by atoms with E-state index in [0.717, 1.165) is 35.7 Å². The number of amides is 1. The molecule has 0 spiro atoms. The van der Waals surface area contributed by atoms with Crippen LogP contribution in [0.15, 0.2) is 47.3 Å². The highest BCUT2D eigenvalue weighted by Gasteiger charge is 2.15. The van der Waals surface area contributed by atoms with E-state index in [1.165, 1.54) is 4.57 Å². The van der Waals surface area contributed by atoms with Gasteiger partial charge in [-0.25, -0.2) is 14.0 Å². The molecule has 0 saturated carbocycles. The first-order valence-corrected chi connectivity index (χ1v) is 8.93. The van der Waals surface area contributed by atoms with E-state index < -0.39 is 17.7 Å². The quantitative estimate of drug-likeness (QED) is 0.654. The number of fused-ring (bicyclic) bond motifs is 1. The molecule has 2 N–H and O–H groups in total. The number of imidazole rings is 1. The Labute approximate surface area is 160 Å². The molecule has 1 aromatic heterocycles. The van der Waals surface area contributed by atoms with Crippen molar-refractivity contribution >= 4 is 28.6 Å². The van der Waals surface area contributed by atoms with Gasteiger partial charge in [0.05, 0.1) is 22.3 Å². The summed E-state index contributed by atoms with van der Waals surface area (Å²) in [4.78, 5) is 35.9. The van der Waals surface area contributed by atoms with Crippen LogP contribution in [0.25, 0.3) is 11.0 Å². The molecular formula is C20H20FN3O4. The first-order chi connectivity index (χ1) is 13.4. The van der Waals surface area contributed by atoms with E-state index in [9.17, 15) is 18.8 Å². The maximum atomic E-state index is 13.9. The molecule has 28 heavy (non-hydrogen) atoms. The summed E-state index contributed by atoms with van der Waals surface area (Å²) in [6.45, 7) is 2.68. The molecular weight excluding hydrogens is 365 g/mol. The number of nitrogens with zero attached hydrogens (tertiary/aromatic N) is 2. The smallest absolute Gasteiger partial charge is 0.335 e. The fourth-order valence-electron chi connectivity index (χ4n) is 3.11. The summed E-state index contributed by atoms with van der Waals surface area (Å²) in [5, 5.41) is 11.4. The average Bonchev–Trinajstić information content (AvgIpc) is 2.93. The molecule has 1 amide bonds. The van der Waals surface area contributed by atoms with Gasteiger partial charge in [-0.1, -0.05) is 19.1 Å². The Morgan fingerprint density at radius 1 is 1.07 bits per heavy atom. The Hall–Kier alpha value is -3.42. The molecule has 3 rings (SSSR count). The third kappa shape index (κ3) is 3.80. The van der Waals surface area contributed by atoms with E-state index in [4.69, 9.17) is 5.11 Å². The number of halogens is 1. The monoisotopic (exact) mass is 385 g/mol. The molecule has 0 fully saturated rings. The summed E-state index contributed by atoms with van der Waals surface area (Å²) in [7, 11) is 0. The van der Waals surface area contributed by atoms with Crippen LogP contribution in [0, 0.1) is 5.82 Å².